The van der Waals surface area contributed by atoms with E-state index in [-0.39, 0.29) is 29.9 Å². The summed E-state index contributed by atoms with van der Waals surface area (Å²) in [6.45, 7) is 2.46. The van der Waals surface area contributed by atoms with Gasteiger partial charge in [-0.25, -0.2) is 0 Å². The molecule has 148 valence electrons. The average molecular weight is 490 g/mol. The monoisotopic (exact) mass is 490 g/mol. The molecule has 1 aliphatic rings. The van der Waals surface area contributed by atoms with Crippen molar-refractivity contribution in [2.45, 2.75) is 13.0 Å². The molecule has 2 aromatic rings. The molecule has 0 saturated heterocycles. The summed E-state index contributed by atoms with van der Waals surface area (Å²) < 4.78 is 0. The van der Waals surface area contributed by atoms with Crippen molar-refractivity contribution in [1.82, 2.24) is 15.5 Å². The first-order chi connectivity index (χ1) is 13.2. The van der Waals surface area contributed by atoms with E-state index in [9.17, 15) is 4.79 Å². The normalized spacial score (nSPS) is 14.0. The number of amides is 1. The summed E-state index contributed by atoms with van der Waals surface area (Å²) in [6, 6.07) is 18.2. The van der Waals surface area contributed by atoms with E-state index in [2.05, 4.69) is 50.9 Å². The summed E-state index contributed by atoms with van der Waals surface area (Å²) in [7, 11) is 3.45. The molecule has 3 rings (SSSR count). The molecule has 0 spiro atoms. The lowest BCUT2D eigenvalue weighted by Gasteiger charge is -2.29. The molecular formula is C22H27IN4O. The van der Waals surface area contributed by atoms with Crippen molar-refractivity contribution in [3.05, 3.63) is 77.4 Å². The number of guanidine groups is 1. The highest BCUT2D eigenvalue weighted by Crippen LogP contribution is 2.22. The molecule has 0 atom stereocenters. The number of nitrogens with one attached hydrogen (secondary N) is 2. The largest absolute Gasteiger partial charge is 0.355 e. The zero-order valence-electron chi connectivity index (χ0n) is 16.3. The van der Waals surface area contributed by atoms with E-state index in [0.29, 0.717) is 12.1 Å². The molecular weight excluding hydrogens is 463 g/mol. The molecule has 28 heavy (non-hydrogen) atoms. The molecule has 6 heteroatoms. The van der Waals surface area contributed by atoms with Gasteiger partial charge in [-0.15, -0.1) is 24.0 Å². The molecule has 0 aliphatic carbocycles. The number of halogens is 1. The molecule has 2 aromatic carbocycles. The number of hydrogen-bond donors (Lipinski definition) is 2. The summed E-state index contributed by atoms with van der Waals surface area (Å²) >= 11 is 0. The fourth-order valence-electron chi connectivity index (χ4n) is 3.21. The zero-order valence-corrected chi connectivity index (χ0v) is 18.6. The van der Waals surface area contributed by atoms with Gasteiger partial charge in [-0.05, 0) is 35.3 Å². The summed E-state index contributed by atoms with van der Waals surface area (Å²) in [5.74, 6) is 0.827. The van der Waals surface area contributed by atoms with Crippen molar-refractivity contribution in [3.63, 3.8) is 0 Å². The van der Waals surface area contributed by atoms with Crippen molar-refractivity contribution >= 4 is 41.4 Å². The molecule has 1 amide bonds. The number of rotatable bonds is 4. The Morgan fingerprint density at radius 3 is 2.39 bits per heavy atom. The molecule has 1 heterocycles. The Hall–Kier alpha value is -2.35. The van der Waals surface area contributed by atoms with Gasteiger partial charge < -0.3 is 15.5 Å². The molecule has 0 fully saturated rings. The van der Waals surface area contributed by atoms with E-state index in [0.717, 1.165) is 31.0 Å². The van der Waals surface area contributed by atoms with Gasteiger partial charge in [0.2, 0.25) is 0 Å². The predicted molar refractivity (Wildman–Crippen MR) is 126 cm³/mol. The number of nitrogens with zero attached hydrogens (tertiary/aromatic N) is 2. The minimum atomic E-state index is -0.0698. The van der Waals surface area contributed by atoms with E-state index in [1.165, 1.54) is 11.1 Å². The van der Waals surface area contributed by atoms with E-state index in [4.69, 9.17) is 0 Å². The fraction of sp³-hybridized carbons (Fsp3) is 0.273. The summed E-state index contributed by atoms with van der Waals surface area (Å²) in [5.41, 5.74) is 4.48. The van der Waals surface area contributed by atoms with E-state index in [1.807, 2.05) is 37.4 Å². The van der Waals surface area contributed by atoms with Crippen LogP contribution in [0, 0.1) is 0 Å². The second-order valence-corrected chi connectivity index (χ2v) is 6.47. The quantitative estimate of drug-likeness (QED) is 0.392. The van der Waals surface area contributed by atoms with Crippen LogP contribution in [-0.2, 0) is 6.54 Å². The van der Waals surface area contributed by atoms with Crippen molar-refractivity contribution in [2.24, 2.45) is 4.99 Å². The molecule has 0 saturated carbocycles. The van der Waals surface area contributed by atoms with Crippen LogP contribution in [0.3, 0.4) is 0 Å². The number of carbonyl (C=O) groups excluding carboxylic acids is 1. The topological polar surface area (TPSA) is 56.7 Å². The number of hydrogen-bond acceptors (Lipinski definition) is 2. The van der Waals surface area contributed by atoms with Crippen LogP contribution in [0.15, 0.2) is 65.7 Å². The Labute approximate surface area is 184 Å². The second kappa shape index (κ2) is 10.8. The zero-order chi connectivity index (χ0) is 19.1. The molecule has 1 aliphatic heterocycles. The van der Waals surface area contributed by atoms with Crippen LogP contribution >= 0.6 is 24.0 Å². The van der Waals surface area contributed by atoms with Gasteiger partial charge in [0.05, 0.1) is 0 Å². The Bertz CT molecular complexity index is 831. The minimum absolute atomic E-state index is 0. The molecule has 2 N–H and O–H groups in total. The number of carbonyl (C=O) groups is 1. The highest BCUT2D eigenvalue weighted by molar-refractivity contribution is 14.0. The van der Waals surface area contributed by atoms with Gasteiger partial charge in [-0.2, -0.15) is 0 Å². The van der Waals surface area contributed by atoms with Gasteiger partial charge in [0.25, 0.3) is 5.91 Å². The number of benzene rings is 2. The first-order valence-corrected chi connectivity index (χ1v) is 9.22. The van der Waals surface area contributed by atoms with Gasteiger partial charge >= 0.3 is 0 Å². The second-order valence-electron chi connectivity index (χ2n) is 6.47. The van der Waals surface area contributed by atoms with E-state index < -0.39 is 0 Å². The Morgan fingerprint density at radius 1 is 1.11 bits per heavy atom. The Kier molecular flexibility index (Phi) is 8.50. The van der Waals surface area contributed by atoms with Gasteiger partial charge in [0.15, 0.2) is 5.96 Å². The lowest BCUT2D eigenvalue weighted by Crippen LogP contribution is -2.43. The first-order valence-electron chi connectivity index (χ1n) is 9.22. The predicted octanol–water partition coefficient (Wildman–Crippen LogP) is 3.53. The average Bonchev–Trinajstić information content (AvgIpc) is 2.75. The Balaban J connectivity index is 0.00000280. The first kappa shape index (κ1) is 21.9. The molecule has 0 unspecified atom stereocenters. The molecule has 0 radical (unpaired) electrons. The van der Waals surface area contributed by atoms with Gasteiger partial charge in [0.1, 0.15) is 0 Å². The van der Waals surface area contributed by atoms with Crippen molar-refractivity contribution in [3.8, 4) is 0 Å². The maximum Gasteiger partial charge on any atom is 0.251 e. The van der Waals surface area contributed by atoms with Gasteiger partial charge in [-0.1, -0.05) is 48.5 Å². The SMILES string of the molecule is CN=C(NCc1ccc(C(=O)NC)cc1)N1CC=C(c2ccccc2)CC1.I. The van der Waals surface area contributed by atoms with Gasteiger partial charge in [-0.3, -0.25) is 9.79 Å². The standard InChI is InChI=1S/C22H26N4O.HI/c1-23-21(27)20-10-8-17(9-11-20)16-25-22(24-2)26-14-12-19(13-15-26)18-6-4-3-5-7-18;/h3-12H,13-16H2,1-2H3,(H,23,27)(H,24,25);1H. The van der Waals surface area contributed by atoms with E-state index >= 15 is 0 Å². The van der Waals surface area contributed by atoms with Crippen LogP contribution in [0.2, 0.25) is 0 Å². The highest BCUT2D eigenvalue weighted by atomic mass is 127. The fourth-order valence-corrected chi connectivity index (χ4v) is 3.21. The lowest BCUT2D eigenvalue weighted by atomic mass is 10.00. The summed E-state index contributed by atoms with van der Waals surface area (Å²) in [6.07, 6.45) is 3.29. The highest BCUT2D eigenvalue weighted by Gasteiger charge is 2.16. The van der Waals surface area contributed by atoms with Crippen LogP contribution in [0.1, 0.15) is 27.9 Å². The third-order valence-electron chi connectivity index (χ3n) is 4.76. The third kappa shape index (κ3) is 5.58. The third-order valence-corrected chi connectivity index (χ3v) is 4.76. The molecule has 0 bridgehead atoms. The van der Waals surface area contributed by atoms with Crippen LogP contribution < -0.4 is 10.6 Å². The van der Waals surface area contributed by atoms with Crippen LogP contribution in [-0.4, -0.2) is 44.0 Å². The van der Waals surface area contributed by atoms with Crippen LogP contribution in [0.25, 0.3) is 5.57 Å². The smallest absolute Gasteiger partial charge is 0.251 e. The summed E-state index contributed by atoms with van der Waals surface area (Å²) in [4.78, 5) is 18.3. The Morgan fingerprint density at radius 2 is 1.82 bits per heavy atom. The number of aliphatic imine (C=N–C) groups is 1. The van der Waals surface area contributed by atoms with Crippen molar-refractivity contribution in [2.75, 3.05) is 27.2 Å². The van der Waals surface area contributed by atoms with E-state index in [1.54, 1.807) is 7.05 Å². The van der Waals surface area contributed by atoms with Crippen LogP contribution in [0.4, 0.5) is 0 Å². The van der Waals surface area contributed by atoms with Crippen molar-refractivity contribution in [1.29, 1.82) is 0 Å². The summed E-state index contributed by atoms with van der Waals surface area (Å²) in [5, 5.41) is 6.05. The molecule has 0 aromatic heterocycles. The minimum Gasteiger partial charge on any atom is -0.355 e. The molecule has 5 nitrogen and oxygen atoms in total. The lowest BCUT2D eigenvalue weighted by molar-refractivity contribution is 0.0963. The van der Waals surface area contributed by atoms with Gasteiger partial charge in [0, 0.05) is 39.3 Å². The van der Waals surface area contributed by atoms with Crippen LogP contribution in [0.5, 0.6) is 0 Å². The van der Waals surface area contributed by atoms with Crippen molar-refractivity contribution < 1.29 is 4.79 Å². The maximum absolute atomic E-state index is 11.6. The maximum atomic E-state index is 11.6.